The van der Waals surface area contributed by atoms with Gasteiger partial charge in [-0.15, -0.1) is 11.3 Å². The summed E-state index contributed by atoms with van der Waals surface area (Å²) in [7, 11) is 0. The van der Waals surface area contributed by atoms with Crippen molar-refractivity contribution in [3.05, 3.63) is 58.4 Å². The van der Waals surface area contributed by atoms with Gasteiger partial charge in [0.15, 0.2) is 5.82 Å². The van der Waals surface area contributed by atoms with Gasteiger partial charge in [0.05, 0.1) is 26.5 Å². The van der Waals surface area contributed by atoms with Crippen LogP contribution in [-0.4, -0.2) is 75.1 Å². The highest BCUT2D eigenvalue weighted by Crippen LogP contribution is 2.46. The molecule has 0 radical (unpaired) electrons. The number of hydrogen-bond donors (Lipinski definition) is 1. The fourth-order valence-electron chi connectivity index (χ4n) is 8.15. The Morgan fingerprint density at radius 1 is 1.20 bits per heavy atom. The Hall–Kier alpha value is -4.45. The van der Waals surface area contributed by atoms with E-state index in [1.54, 1.807) is 18.3 Å². The fraction of sp³-hybridized carbons (Fsp3) is 0.417. The van der Waals surface area contributed by atoms with Gasteiger partial charge in [-0.25, -0.2) is 17.9 Å². The zero-order valence-electron chi connectivity index (χ0n) is 27.8. The summed E-state index contributed by atoms with van der Waals surface area (Å²) in [6.45, 7) is 4.05. The van der Waals surface area contributed by atoms with Crippen LogP contribution in [0.3, 0.4) is 0 Å². The van der Waals surface area contributed by atoms with Crippen molar-refractivity contribution in [3.63, 3.8) is 0 Å². The second-order valence-electron chi connectivity index (χ2n) is 13.7. The van der Waals surface area contributed by atoms with Crippen LogP contribution in [0.25, 0.3) is 32.1 Å². The second-order valence-corrected chi connectivity index (χ2v) is 15.2. The van der Waals surface area contributed by atoms with Crippen LogP contribution in [0.15, 0.2) is 30.5 Å². The molecule has 0 saturated carbocycles. The second kappa shape index (κ2) is 13.0. The van der Waals surface area contributed by atoms with E-state index in [9.17, 15) is 18.8 Å². The molecule has 8 rings (SSSR count). The minimum atomic E-state index is -0.959. The van der Waals surface area contributed by atoms with E-state index in [0.29, 0.717) is 56.5 Å². The number of aromatic nitrogens is 4. The van der Waals surface area contributed by atoms with E-state index in [2.05, 4.69) is 15.0 Å². The molecule has 0 amide bonds. The molecule has 264 valence electrons. The molecule has 10 nitrogen and oxygen atoms in total. The predicted octanol–water partition coefficient (Wildman–Crippen LogP) is 7.30. The van der Waals surface area contributed by atoms with Gasteiger partial charge >= 0.3 is 6.01 Å². The maximum absolute atomic E-state index is 17.1. The fourth-order valence-corrected chi connectivity index (χ4v) is 9.39. The van der Waals surface area contributed by atoms with E-state index in [1.807, 2.05) is 17.9 Å². The quantitative estimate of drug-likeness (QED) is 0.191. The highest BCUT2D eigenvalue weighted by molar-refractivity contribution is 7.23. The predicted molar refractivity (Wildman–Crippen MR) is 190 cm³/mol. The lowest BCUT2D eigenvalue weighted by Crippen LogP contribution is -2.43. The van der Waals surface area contributed by atoms with Gasteiger partial charge in [0, 0.05) is 54.5 Å². The molecular formula is C36H34ClF3N8O2S. The highest BCUT2D eigenvalue weighted by Gasteiger charge is 2.49. The number of carbonyl (C=O) groups excluding carboxylic acids is 1. The first-order valence-electron chi connectivity index (χ1n) is 17.0. The number of halogens is 4. The molecule has 3 fully saturated rings. The van der Waals surface area contributed by atoms with Gasteiger partial charge in [0.2, 0.25) is 5.91 Å². The summed E-state index contributed by atoms with van der Waals surface area (Å²) in [5.41, 5.74) is 6.44. The van der Waals surface area contributed by atoms with E-state index in [0.717, 1.165) is 36.4 Å². The Labute approximate surface area is 300 Å². The molecular weight excluding hydrogens is 701 g/mol. The van der Waals surface area contributed by atoms with Crippen molar-refractivity contribution in [1.82, 2.24) is 24.6 Å². The molecule has 0 unspecified atom stereocenters. The Morgan fingerprint density at radius 2 is 2.04 bits per heavy atom. The molecule has 2 N–H and O–H groups in total. The molecule has 51 heavy (non-hydrogen) atoms. The number of alkyl halides is 1. The maximum Gasteiger partial charge on any atom is 0.319 e. The Morgan fingerprint density at radius 3 is 2.82 bits per heavy atom. The van der Waals surface area contributed by atoms with Crippen molar-refractivity contribution in [1.29, 1.82) is 5.26 Å². The molecule has 0 aliphatic carbocycles. The van der Waals surface area contributed by atoms with Crippen LogP contribution in [0.1, 0.15) is 54.6 Å². The molecule has 3 aromatic heterocycles. The average molecular weight is 735 g/mol. The normalized spacial score (nSPS) is 22.4. The minimum Gasteiger partial charge on any atom is -0.461 e. The number of carbonyl (C=O) groups is 1. The van der Waals surface area contributed by atoms with Crippen molar-refractivity contribution < 1.29 is 22.7 Å². The van der Waals surface area contributed by atoms with E-state index in [1.165, 1.54) is 16.8 Å². The number of thiophene rings is 1. The summed E-state index contributed by atoms with van der Waals surface area (Å²) in [4.78, 5) is 26.8. The van der Waals surface area contributed by atoms with Crippen molar-refractivity contribution in [2.75, 3.05) is 43.4 Å². The lowest BCUT2D eigenvalue weighted by Gasteiger charge is -2.31. The molecule has 0 spiro atoms. The molecule has 3 atom stereocenters. The third-order valence-electron chi connectivity index (χ3n) is 10.6. The van der Waals surface area contributed by atoms with Gasteiger partial charge in [-0.1, -0.05) is 17.7 Å². The van der Waals surface area contributed by atoms with Gasteiger partial charge in [-0.2, -0.15) is 20.3 Å². The standard InChI is InChI=1S/C36H34ClF3N8O2S/c1-19-7-13-48(45-19)34(49)20-4-2-10-46(12-8-20)33-23-14-25(37)28(22-5-6-26(39)31-27(22)24(16-41)32(42)51-31)29(40)30(23)43-35(44-33)50-18-36-9-3-11-47(36)17-21(38)15-36/h5-7,13-14,20-21H,2-4,8-12,15,17-18,42H2,1H3/t20-,21-,36+/m1/s1. The largest absolute Gasteiger partial charge is 0.461 e. The first-order valence-corrected chi connectivity index (χ1v) is 18.2. The number of fused-ring (bicyclic) bond motifs is 3. The number of rotatable bonds is 6. The van der Waals surface area contributed by atoms with Crippen LogP contribution < -0.4 is 15.4 Å². The topological polar surface area (TPSA) is 126 Å². The molecule has 2 aromatic carbocycles. The number of benzene rings is 2. The van der Waals surface area contributed by atoms with Gasteiger partial charge < -0.3 is 15.4 Å². The first-order chi connectivity index (χ1) is 24.6. The zero-order valence-corrected chi connectivity index (χ0v) is 29.3. The summed E-state index contributed by atoms with van der Waals surface area (Å²) in [5.74, 6) is -1.35. The van der Waals surface area contributed by atoms with E-state index in [4.69, 9.17) is 27.1 Å². The summed E-state index contributed by atoms with van der Waals surface area (Å²) >= 11 is 7.79. The van der Waals surface area contributed by atoms with Crippen LogP contribution in [-0.2, 0) is 0 Å². The van der Waals surface area contributed by atoms with Gasteiger partial charge in [0.25, 0.3) is 0 Å². The maximum atomic E-state index is 17.1. The van der Waals surface area contributed by atoms with Gasteiger partial charge in [0.1, 0.15) is 41.0 Å². The number of nitrogen functional groups attached to an aromatic ring is 1. The lowest BCUT2D eigenvalue weighted by atomic mass is 9.95. The third-order valence-corrected chi connectivity index (χ3v) is 11.9. The summed E-state index contributed by atoms with van der Waals surface area (Å²) in [6.07, 6.45) is 4.54. The smallest absolute Gasteiger partial charge is 0.319 e. The van der Waals surface area contributed by atoms with Crippen molar-refractivity contribution in [2.45, 2.75) is 57.2 Å². The molecule has 3 aliphatic heterocycles. The van der Waals surface area contributed by atoms with Crippen LogP contribution in [0.4, 0.5) is 24.0 Å². The Balaban J connectivity index is 1.23. The number of nitrogens with zero attached hydrogens (tertiary/aromatic N) is 7. The summed E-state index contributed by atoms with van der Waals surface area (Å²) < 4.78 is 54.4. The van der Waals surface area contributed by atoms with Crippen LogP contribution in [0.5, 0.6) is 6.01 Å². The van der Waals surface area contributed by atoms with Gasteiger partial charge in [-0.3, -0.25) is 9.69 Å². The SMILES string of the molecule is Cc1ccn(C(=O)[C@@H]2CCCN(c3nc(OC[C@@]45CCCN4C[C@H](F)C5)nc4c(F)c(-c5ccc(F)c6sc(N)c(C#N)c56)c(Cl)cc34)CC2)n1. The number of ether oxygens (including phenoxy) is 1. The Bertz CT molecular complexity index is 2260. The van der Waals surface area contributed by atoms with Crippen LogP contribution in [0.2, 0.25) is 5.02 Å². The molecule has 5 aromatic rings. The first kappa shape index (κ1) is 33.7. The van der Waals surface area contributed by atoms with E-state index >= 15 is 4.39 Å². The van der Waals surface area contributed by atoms with Crippen molar-refractivity contribution in [2.24, 2.45) is 5.92 Å². The highest BCUT2D eigenvalue weighted by atomic mass is 35.5. The molecule has 3 saturated heterocycles. The molecule has 3 aliphatic rings. The van der Waals surface area contributed by atoms with E-state index < -0.39 is 23.3 Å². The molecule has 0 bridgehead atoms. The number of aryl methyl sites for hydroxylation is 1. The minimum absolute atomic E-state index is 0.0115. The summed E-state index contributed by atoms with van der Waals surface area (Å²) in [5, 5.41) is 14.8. The Kier molecular flexibility index (Phi) is 8.55. The monoisotopic (exact) mass is 734 g/mol. The van der Waals surface area contributed by atoms with Crippen molar-refractivity contribution in [3.8, 4) is 23.2 Å². The molecule has 6 heterocycles. The van der Waals surface area contributed by atoms with Crippen LogP contribution in [0, 0.1) is 35.8 Å². The molecule has 15 heteroatoms. The number of nitriles is 1. The lowest BCUT2D eigenvalue weighted by molar-refractivity contribution is 0.0806. The number of anilines is 2. The zero-order chi connectivity index (χ0) is 35.6. The summed E-state index contributed by atoms with van der Waals surface area (Å²) in [6, 6.07) is 7.90. The number of nitrogens with two attached hydrogens (primary N) is 1. The third kappa shape index (κ3) is 5.75. The van der Waals surface area contributed by atoms with Crippen LogP contribution >= 0.6 is 22.9 Å². The van der Waals surface area contributed by atoms with Crippen molar-refractivity contribution >= 4 is 60.7 Å². The average Bonchev–Trinajstić information content (AvgIpc) is 3.82. The van der Waals surface area contributed by atoms with E-state index in [-0.39, 0.29) is 66.8 Å². The van der Waals surface area contributed by atoms with Gasteiger partial charge in [-0.05, 0) is 69.3 Å². The number of hydrogen-bond acceptors (Lipinski definition) is 10.